The maximum atomic E-state index is 11.3. The Morgan fingerprint density at radius 1 is 1.39 bits per heavy atom. The smallest absolute Gasteiger partial charge is 0.407 e. The molecular weight excluding hydrogens is 234 g/mol. The van der Waals surface area contributed by atoms with Crippen molar-refractivity contribution in [3.05, 3.63) is 35.9 Å². The Hall–Kier alpha value is -2.04. The van der Waals surface area contributed by atoms with Crippen LogP contribution in [-0.2, 0) is 16.1 Å². The summed E-state index contributed by atoms with van der Waals surface area (Å²) in [6, 6.07) is 10.0. The van der Waals surface area contributed by atoms with Crippen LogP contribution in [0, 0.1) is 0 Å². The molecule has 1 aliphatic rings. The van der Waals surface area contributed by atoms with Gasteiger partial charge in [-0.1, -0.05) is 30.3 Å². The van der Waals surface area contributed by atoms with Gasteiger partial charge in [-0.15, -0.1) is 0 Å². The average molecular weight is 251 g/mol. The summed E-state index contributed by atoms with van der Waals surface area (Å²) in [5, 5.41) is 9.71. The van der Waals surface area contributed by atoms with E-state index in [0.29, 0.717) is 12.6 Å². The number of nitrogens with one attached hydrogen (secondary N) is 1. The van der Waals surface area contributed by atoms with Crippen molar-refractivity contribution in [1.82, 2.24) is 5.32 Å². The van der Waals surface area contributed by atoms with Crippen LogP contribution < -0.4 is 5.32 Å². The minimum absolute atomic E-state index is 0.250. The number of ether oxygens (including phenoxy) is 1. The van der Waals surface area contributed by atoms with Crippen LogP contribution >= 0.6 is 0 Å². The highest BCUT2D eigenvalue weighted by atomic mass is 16.5. The minimum atomic E-state index is -0.302. The number of hydrogen-bond donors (Lipinski definition) is 2. The lowest BCUT2D eigenvalue weighted by atomic mass is 9.93. The highest BCUT2D eigenvalue weighted by molar-refractivity contribution is 5.67. The SMILES string of the molecule is O=C(NC1CCC1)OCc1ccccc1.O=CO. The first-order valence-electron chi connectivity index (χ1n) is 5.81. The third-order valence-corrected chi connectivity index (χ3v) is 2.64. The van der Waals surface area contributed by atoms with E-state index in [4.69, 9.17) is 14.6 Å². The summed E-state index contributed by atoms with van der Waals surface area (Å²) >= 11 is 0. The molecule has 0 heterocycles. The number of carboxylic acid groups (broad SMARTS) is 1. The predicted molar refractivity (Wildman–Crippen MR) is 66.1 cm³/mol. The number of alkyl carbamates (subject to hydrolysis) is 1. The zero-order valence-corrected chi connectivity index (χ0v) is 10.0. The van der Waals surface area contributed by atoms with Crippen molar-refractivity contribution >= 4 is 12.6 Å². The van der Waals surface area contributed by atoms with Gasteiger partial charge < -0.3 is 15.2 Å². The van der Waals surface area contributed by atoms with Crippen LogP contribution in [0.5, 0.6) is 0 Å². The van der Waals surface area contributed by atoms with Crippen molar-refractivity contribution in [3.63, 3.8) is 0 Å². The molecule has 98 valence electrons. The van der Waals surface area contributed by atoms with Crippen LogP contribution in [0.3, 0.4) is 0 Å². The maximum absolute atomic E-state index is 11.3. The van der Waals surface area contributed by atoms with E-state index in [2.05, 4.69) is 5.32 Å². The number of rotatable bonds is 3. The standard InChI is InChI=1S/C12H15NO2.CH2O2/c14-12(13-11-7-4-8-11)15-9-10-5-2-1-3-6-10;2-1-3/h1-3,5-6,11H,4,7-9H2,(H,13,14);1H,(H,2,3). The molecule has 5 nitrogen and oxygen atoms in total. The second-order valence-corrected chi connectivity index (χ2v) is 3.94. The summed E-state index contributed by atoms with van der Waals surface area (Å²) in [5.41, 5.74) is 1.02. The van der Waals surface area contributed by atoms with Crippen molar-refractivity contribution < 1.29 is 19.4 Å². The predicted octanol–water partition coefficient (Wildman–Crippen LogP) is 2.17. The third-order valence-electron chi connectivity index (χ3n) is 2.64. The summed E-state index contributed by atoms with van der Waals surface area (Å²) in [6.45, 7) is 0.0966. The van der Waals surface area contributed by atoms with Gasteiger partial charge in [0.2, 0.25) is 0 Å². The van der Waals surface area contributed by atoms with E-state index in [9.17, 15) is 4.79 Å². The quantitative estimate of drug-likeness (QED) is 0.807. The van der Waals surface area contributed by atoms with Gasteiger partial charge in [0.15, 0.2) is 0 Å². The fraction of sp³-hybridized carbons (Fsp3) is 0.385. The molecule has 0 aliphatic heterocycles. The van der Waals surface area contributed by atoms with Crippen molar-refractivity contribution in [2.45, 2.75) is 31.9 Å². The molecule has 18 heavy (non-hydrogen) atoms. The highest BCUT2D eigenvalue weighted by Crippen LogP contribution is 2.18. The number of amides is 1. The van der Waals surface area contributed by atoms with Gasteiger partial charge in [-0.2, -0.15) is 0 Å². The summed E-state index contributed by atoms with van der Waals surface area (Å²) in [5.74, 6) is 0. The van der Waals surface area contributed by atoms with Crippen LogP contribution in [0.15, 0.2) is 30.3 Å². The topological polar surface area (TPSA) is 75.6 Å². The fourth-order valence-electron chi connectivity index (χ4n) is 1.48. The Balaban J connectivity index is 0.000000492. The van der Waals surface area contributed by atoms with Crippen molar-refractivity contribution in [2.24, 2.45) is 0 Å². The van der Waals surface area contributed by atoms with Crippen molar-refractivity contribution in [3.8, 4) is 0 Å². The number of carbonyl (C=O) groups excluding carboxylic acids is 1. The van der Waals surface area contributed by atoms with Gasteiger partial charge in [0.05, 0.1) is 0 Å². The Bertz CT molecular complexity index is 363. The van der Waals surface area contributed by atoms with Crippen LogP contribution in [0.1, 0.15) is 24.8 Å². The van der Waals surface area contributed by atoms with Gasteiger partial charge in [0.1, 0.15) is 6.61 Å². The average Bonchev–Trinajstić information content (AvgIpc) is 2.34. The fourth-order valence-corrected chi connectivity index (χ4v) is 1.48. The molecule has 2 N–H and O–H groups in total. The summed E-state index contributed by atoms with van der Waals surface area (Å²) < 4.78 is 5.08. The lowest BCUT2D eigenvalue weighted by Gasteiger charge is -2.25. The van der Waals surface area contributed by atoms with Gasteiger partial charge in [-0.3, -0.25) is 4.79 Å². The Morgan fingerprint density at radius 3 is 2.50 bits per heavy atom. The van der Waals surface area contributed by atoms with Crippen LogP contribution in [0.2, 0.25) is 0 Å². The number of carbonyl (C=O) groups is 2. The molecule has 1 aliphatic carbocycles. The van der Waals surface area contributed by atoms with Gasteiger partial charge in [0.25, 0.3) is 6.47 Å². The van der Waals surface area contributed by atoms with Crippen LogP contribution in [0.4, 0.5) is 4.79 Å². The van der Waals surface area contributed by atoms with Crippen molar-refractivity contribution in [1.29, 1.82) is 0 Å². The molecule has 1 aromatic rings. The molecule has 0 unspecified atom stereocenters. The van der Waals surface area contributed by atoms with E-state index in [-0.39, 0.29) is 12.6 Å². The molecule has 0 saturated heterocycles. The molecule has 1 amide bonds. The zero-order valence-electron chi connectivity index (χ0n) is 10.0. The minimum Gasteiger partial charge on any atom is -0.483 e. The summed E-state index contributed by atoms with van der Waals surface area (Å²) in [7, 11) is 0. The molecule has 1 fully saturated rings. The van der Waals surface area contributed by atoms with Gasteiger partial charge in [-0.25, -0.2) is 4.79 Å². The first-order valence-corrected chi connectivity index (χ1v) is 5.81. The number of hydrogen-bond acceptors (Lipinski definition) is 3. The van der Waals surface area contributed by atoms with E-state index in [1.807, 2.05) is 30.3 Å². The van der Waals surface area contributed by atoms with Crippen molar-refractivity contribution in [2.75, 3.05) is 0 Å². The molecule has 1 aromatic carbocycles. The lowest BCUT2D eigenvalue weighted by Crippen LogP contribution is -2.39. The third kappa shape index (κ3) is 5.34. The molecule has 0 spiro atoms. The Kier molecular flexibility index (Phi) is 6.32. The van der Waals surface area contributed by atoms with Gasteiger partial charge >= 0.3 is 6.09 Å². The molecule has 0 radical (unpaired) electrons. The zero-order chi connectivity index (χ0) is 13.2. The molecule has 0 atom stereocenters. The molecule has 1 saturated carbocycles. The molecule has 5 heteroatoms. The monoisotopic (exact) mass is 251 g/mol. The highest BCUT2D eigenvalue weighted by Gasteiger charge is 2.19. The maximum Gasteiger partial charge on any atom is 0.407 e. The van der Waals surface area contributed by atoms with E-state index < -0.39 is 0 Å². The van der Waals surface area contributed by atoms with E-state index >= 15 is 0 Å². The molecule has 0 bridgehead atoms. The molecule has 2 rings (SSSR count). The lowest BCUT2D eigenvalue weighted by molar-refractivity contribution is -0.122. The second-order valence-electron chi connectivity index (χ2n) is 3.94. The van der Waals surface area contributed by atoms with Crippen LogP contribution in [-0.4, -0.2) is 23.7 Å². The van der Waals surface area contributed by atoms with Gasteiger partial charge in [-0.05, 0) is 24.8 Å². The van der Waals surface area contributed by atoms with E-state index in [1.165, 1.54) is 6.42 Å². The second kappa shape index (κ2) is 8.11. The van der Waals surface area contributed by atoms with E-state index in [0.717, 1.165) is 18.4 Å². The Morgan fingerprint density at radius 2 is 2.00 bits per heavy atom. The summed E-state index contributed by atoms with van der Waals surface area (Å²) in [6.07, 6.45) is 3.08. The first-order chi connectivity index (χ1) is 8.76. The summed E-state index contributed by atoms with van der Waals surface area (Å²) in [4.78, 5) is 19.6. The Labute approximate surface area is 106 Å². The van der Waals surface area contributed by atoms with E-state index in [1.54, 1.807) is 0 Å². The normalized spacial score (nSPS) is 13.6. The number of benzene rings is 1. The largest absolute Gasteiger partial charge is 0.483 e. The molecule has 0 aromatic heterocycles. The van der Waals surface area contributed by atoms with Gasteiger partial charge in [0, 0.05) is 6.04 Å². The van der Waals surface area contributed by atoms with Crippen LogP contribution in [0.25, 0.3) is 0 Å². The molecular formula is C13H17NO4. The first kappa shape index (κ1) is 14.0.